The van der Waals surface area contributed by atoms with E-state index in [1.54, 1.807) is 14.1 Å². The van der Waals surface area contributed by atoms with Crippen LogP contribution in [0.25, 0.3) is 0 Å². The molecule has 8 heteroatoms. The van der Waals surface area contributed by atoms with Gasteiger partial charge in [0.1, 0.15) is 0 Å². The van der Waals surface area contributed by atoms with E-state index in [0.717, 1.165) is 17.8 Å². The van der Waals surface area contributed by atoms with Gasteiger partial charge in [-0.3, -0.25) is 10.9 Å². The maximum atomic E-state index is 4.92. The number of hydrazone groups is 2. The van der Waals surface area contributed by atoms with Gasteiger partial charge in [-0.15, -0.1) is 0 Å². The predicted molar refractivity (Wildman–Crippen MR) is 80.4 cm³/mol. The predicted octanol–water partition coefficient (Wildman–Crippen LogP) is 0.316. The van der Waals surface area contributed by atoms with Crippen molar-refractivity contribution >= 4 is 46.1 Å². The molecule has 0 heterocycles. The molecule has 0 aromatic rings. The normalized spacial score (nSPS) is 11.8. The van der Waals surface area contributed by atoms with E-state index in [2.05, 4.69) is 31.7 Å². The summed E-state index contributed by atoms with van der Waals surface area (Å²) < 4.78 is 0. The second kappa shape index (κ2) is 8.82. The minimum absolute atomic E-state index is 0.457. The van der Waals surface area contributed by atoms with Crippen LogP contribution in [0.3, 0.4) is 0 Å². The van der Waals surface area contributed by atoms with E-state index in [0.29, 0.717) is 10.2 Å². The minimum atomic E-state index is 0.457. The van der Waals surface area contributed by atoms with Crippen LogP contribution >= 0.6 is 24.4 Å². The fourth-order valence-electron chi connectivity index (χ4n) is 0.845. The molecule has 0 aromatic carbocycles. The quantitative estimate of drug-likeness (QED) is 0.336. The maximum absolute atomic E-state index is 4.92. The van der Waals surface area contributed by atoms with Gasteiger partial charge in [-0.2, -0.15) is 10.2 Å². The summed E-state index contributed by atoms with van der Waals surface area (Å²) in [6.45, 7) is 3.83. The zero-order valence-electron chi connectivity index (χ0n) is 10.4. The SMILES string of the molecule is CCC(=N/NC(=S)NC)/C(C)=N/NC(=S)NC. The fraction of sp³-hybridized carbons (Fsp3) is 0.556. The number of hydrogen-bond acceptors (Lipinski definition) is 4. The molecule has 0 atom stereocenters. The van der Waals surface area contributed by atoms with Gasteiger partial charge in [0.25, 0.3) is 0 Å². The molecule has 0 saturated heterocycles. The highest BCUT2D eigenvalue weighted by Gasteiger charge is 2.02. The summed E-state index contributed by atoms with van der Waals surface area (Å²) in [7, 11) is 3.45. The first-order valence-electron chi connectivity index (χ1n) is 5.11. The highest BCUT2D eigenvalue weighted by atomic mass is 32.1. The number of nitrogens with zero attached hydrogens (tertiary/aromatic N) is 2. The summed E-state index contributed by atoms with van der Waals surface area (Å²) in [6.07, 6.45) is 0.739. The first-order chi connectivity index (χ1) is 8.04. The highest BCUT2D eigenvalue weighted by Crippen LogP contribution is 1.89. The van der Waals surface area contributed by atoms with Crippen molar-refractivity contribution in [2.24, 2.45) is 10.2 Å². The summed E-state index contributed by atoms with van der Waals surface area (Å²) >= 11 is 9.82. The smallest absolute Gasteiger partial charge is 0.186 e. The highest BCUT2D eigenvalue weighted by molar-refractivity contribution is 7.80. The molecule has 0 radical (unpaired) electrons. The Kier molecular flexibility index (Phi) is 8.16. The zero-order chi connectivity index (χ0) is 13.3. The van der Waals surface area contributed by atoms with Crippen LogP contribution in [0.2, 0.25) is 0 Å². The lowest BCUT2D eigenvalue weighted by Crippen LogP contribution is -2.32. The third-order valence-electron chi connectivity index (χ3n) is 1.82. The van der Waals surface area contributed by atoms with Crippen LogP contribution in [0.1, 0.15) is 20.3 Å². The van der Waals surface area contributed by atoms with Crippen LogP contribution in [0, 0.1) is 0 Å². The molecular formula is C9H18N6S2. The van der Waals surface area contributed by atoms with Gasteiger partial charge in [0.15, 0.2) is 10.2 Å². The lowest BCUT2D eigenvalue weighted by molar-refractivity contribution is 0.958. The van der Waals surface area contributed by atoms with Crippen molar-refractivity contribution in [2.75, 3.05) is 14.1 Å². The Balaban J connectivity index is 4.53. The Hall–Kier alpha value is -1.28. The number of rotatable bonds is 4. The second-order valence-corrected chi connectivity index (χ2v) is 3.81. The van der Waals surface area contributed by atoms with E-state index in [1.807, 2.05) is 13.8 Å². The molecule has 0 aliphatic heterocycles. The van der Waals surface area contributed by atoms with Gasteiger partial charge >= 0.3 is 0 Å². The largest absolute Gasteiger partial charge is 0.364 e. The molecular weight excluding hydrogens is 256 g/mol. The van der Waals surface area contributed by atoms with E-state index in [9.17, 15) is 0 Å². The summed E-state index contributed by atoms with van der Waals surface area (Å²) in [4.78, 5) is 0. The van der Waals surface area contributed by atoms with Crippen LogP contribution in [-0.4, -0.2) is 35.7 Å². The Morgan fingerprint density at radius 3 is 1.88 bits per heavy atom. The summed E-state index contributed by atoms with van der Waals surface area (Å²) in [5, 5.41) is 14.7. The lowest BCUT2D eigenvalue weighted by atomic mass is 10.2. The van der Waals surface area contributed by atoms with E-state index < -0.39 is 0 Å². The van der Waals surface area contributed by atoms with Crippen LogP contribution in [0.15, 0.2) is 10.2 Å². The molecule has 0 bridgehead atoms. The maximum Gasteiger partial charge on any atom is 0.186 e. The van der Waals surface area contributed by atoms with Crippen LogP contribution in [-0.2, 0) is 0 Å². The molecule has 0 amide bonds. The van der Waals surface area contributed by atoms with Gasteiger partial charge in [0, 0.05) is 14.1 Å². The van der Waals surface area contributed by atoms with Crippen LogP contribution < -0.4 is 21.5 Å². The Morgan fingerprint density at radius 2 is 1.47 bits per heavy atom. The molecule has 0 aliphatic carbocycles. The molecule has 0 rings (SSSR count). The third-order valence-corrected chi connectivity index (χ3v) is 2.42. The lowest BCUT2D eigenvalue weighted by Gasteiger charge is -2.07. The van der Waals surface area contributed by atoms with Crippen molar-refractivity contribution in [3.63, 3.8) is 0 Å². The van der Waals surface area contributed by atoms with Gasteiger partial charge in [-0.1, -0.05) is 6.92 Å². The van der Waals surface area contributed by atoms with Gasteiger partial charge in [0.05, 0.1) is 11.4 Å². The van der Waals surface area contributed by atoms with Gasteiger partial charge in [0.2, 0.25) is 0 Å². The standard InChI is InChI=1S/C9H18N6S2/c1-5-7(13-15-9(17)11-4)6(2)12-14-8(16)10-3/h5H2,1-4H3,(H2,10,14,16)(H2,11,15,17)/b12-6+,13-7-. The van der Waals surface area contributed by atoms with E-state index >= 15 is 0 Å². The summed E-state index contributed by atoms with van der Waals surface area (Å²) in [5.74, 6) is 0. The van der Waals surface area contributed by atoms with Crippen LogP contribution in [0.5, 0.6) is 0 Å². The molecule has 17 heavy (non-hydrogen) atoms. The minimum Gasteiger partial charge on any atom is -0.364 e. The zero-order valence-corrected chi connectivity index (χ0v) is 12.1. The Labute approximate surface area is 112 Å². The fourth-order valence-corrected chi connectivity index (χ4v) is 0.936. The van der Waals surface area contributed by atoms with E-state index in [-0.39, 0.29) is 0 Å². The number of nitrogens with one attached hydrogen (secondary N) is 4. The molecule has 6 nitrogen and oxygen atoms in total. The molecule has 4 N–H and O–H groups in total. The Bertz CT molecular complexity index is 336. The summed E-state index contributed by atoms with van der Waals surface area (Å²) in [6, 6.07) is 0. The molecule has 96 valence electrons. The van der Waals surface area contributed by atoms with Crippen molar-refractivity contribution in [1.29, 1.82) is 0 Å². The first kappa shape index (κ1) is 15.7. The Morgan fingerprint density at radius 1 is 1.00 bits per heavy atom. The average Bonchev–Trinajstić information content (AvgIpc) is 2.35. The van der Waals surface area contributed by atoms with Crippen molar-refractivity contribution in [3.05, 3.63) is 0 Å². The molecule has 0 aromatic heterocycles. The van der Waals surface area contributed by atoms with Crippen LogP contribution in [0.4, 0.5) is 0 Å². The monoisotopic (exact) mass is 274 g/mol. The molecule has 0 unspecified atom stereocenters. The first-order valence-corrected chi connectivity index (χ1v) is 5.93. The van der Waals surface area contributed by atoms with Crippen molar-refractivity contribution in [3.8, 4) is 0 Å². The van der Waals surface area contributed by atoms with Crippen molar-refractivity contribution < 1.29 is 0 Å². The number of thiocarbonyl (C=S) groups is 2. The van der Waals surface area contributed by atoms with E-state index in [4.69, 9.17) is 24.4 Å². The van der Waals surface area contributed by atoms with Crippen molar-refractivity contribution in [1.82, 2.24) is 21.5 Å². The molecule has 0 saturated carbocycles. The van der Waals surface area contributed by atoms with Crippen molar-refractivity contribution in [2.45, 2.75) is 20.3 Å². The third kappa shape index (κ3) is 6.80. The molecule has 0 aliphatic rings. The average molecular weight is 274 g/mol. The van der Waals surface area contributed by atoms with E-state index in [1.165, 1.54) is 0 Å². The summed E-state index contributed by atoms with van der Waals surface area (Å²) in [5.41, 5.74) is 6.96. The van der Waals surface area contributed by atoms with Gasteiger partial charge in [-0.05, 0) is 37.8 Å². The topological polar surface area (TPSA) is 72.8 Å². The number of hydrogen-bond donors (Lipinski definition) is 4. The second-order valence-electron chi connectivity index (χ2n) is 2.99. The molecule has 0 spiro atoms. The molecule has 0 fully saturated rings. The van der Waals surface area contributed by atoms with Gasteiger partial charge in [-0.25, -0.2) is 0 Å². The van der Waals surface area contributed by atoms with Gasteiger partial charge < -0.3 is 10.6 Å².